The van der Waals surface area contributed by atoms with E-state index >= 15 is 0 Å². The summed E-state index contributed by atoms with van der Waals surface area (Å²) in [7, 11) is 0. The molecule has 0 spiro atoms. The van der Waals surface area contributed by atoms with Crippen LogP contribution in [-0.2, 0) is 60.8 Å². The summed E-state index contributed by atoms with van der Waals surface area (Å²) in [5.41, 5.74) is 13.4. The van der Waals surface area contributed by atoms with E-state index in [1.165, 1.54) is 9.80 Å². The predicted octanol–water partition coefficient (Wildman–Crippen LogP) is 2.50. The van der Waals surface area contributed by atoms with Crippen molar-refractivity contribution < 1.29 is 47.9 Å². The van der Waals surface area contributed by atoms with Crippen LogP contribution < -0.4 is 54.0 Å². The molecular formula is C64H100N12O10. The lowest BCUT2D eigenvalue weighted by Gasteiger charge is -2.31. The molecule has 0 saturated carbocycles. The lowest BCUT2D eigenvalue weighted by Crippen LogP contribution is -2.57. The molecule has 12 N–H and O–H groups in total. The predicted molar refractivity (Wildman–Crippen MR) is 329 cm³/mol. The fraction of sp³-hybridized carbons (Fsp3) is 0.656. The lowest BCUT2D eigenvalue weighted by atomic mass is 9.93. The molecule has 86 heavy (non-hydrogen) atoms. The van der Waals surface area contributed by atoms with Crippen molar-refractivity contribution in [2.24, 2.45) is 47.0 Å². The Balaban J connectivity index is 1.51. The number of hydrogen-bond acceptors (Lipinski definition) is 12. The van der Waals surface area contributed by atoms with Gasteiger partial charge in [-0.2, -0.15) is 0 Å². The van der Waals surface area contributed by atoms with E-state index in [1.54, 1.807) is 0 Å². The molecule has 22 heteroatoms. The van der Waals surface area contributed by atoms with Crippen LogP contribution in [0.25, 0.3) is 0 Å². The van der Waals surface area contributed by atoms with Crippen LogP contribution in [0.5, 0.6) is 0 Å². The number of nitrogens with one attached hydrogen (secondary N) is 8. The zero-order valence-corrected chi connectivity index (χ0v) is 52.1. The maximum Gasteiger partial charge on any atom is 0.246 e. The van der Waals surface area contributed by atoms with Crippen LogP contribution in [0.15, 0.2) is 60.7 Å². The molecule has 2 aromatic carbocycles. The van der Waals surface area contributed by atoms with Crippen molar-refractivity contribution in [3.05, 3.63) is 71.8 Å². The van der Waals surface area contributed by atoms with Crippen molar-refractivity contribution in [1.82, 2.24) is 52.3 Å². The maximum atomic E-state index is 14.8. The average Bonchev–Trinajstić information content (AvgIpc) is 2.83. The third-order valence-electron chi connectivity index (χ3n) is 16.5. The van der Waals surface area contributed by atoms with Gasteiger partial charge in [0.15, 0.2) is 0 Å². The summed E-state index contributed by atoms with van der Waals surface area (Å²) in [6, 6.07) is 10.7. The van der Waals surface area contributed by atoms with E-state index in [0.29, 0.717) is 51.4 Å². The van der Waals surface area contributed by atoms with Crippen molar-refractivity contribution in [3.63, 3.8) is 0 Å². The fourth-order valence-corrected chi connectivity index (χ4v) is 11.8. The lowest BCUT2D eigenvalue weighted by molar-refractivity contribution is -0.142. The normalized spacial score (nSPS) is 26.4. The van der Waals surface area contributed by atoms with E-state index in [2.05, 4.69) is 42.5 Å². The summed E-state index contributed by atoms with van der Waals surface area (Å²) in [6.45, 7) is 15.8. The molecule has 3 fully saturated rings. The number of fused-ring (bicyclic) bond motifs is 2. The smallest absolute Gasteiger partial charge is 0.246 e. The number of rotatable bonds is 16. The first-order chi connectivity index (χ1) is 41.0. The van der Waals surface area contributed by atoms with Gasteiger partial charge < -0.3 is 63.8 Å². The minimum absolute atomic E-state index is 0.0101. The maximum absolute atomic E-state index is 14.8. The fourth-order valence-electron chi connectivity index (χ4n) is 11.8. The molecule has 3 saturated heterocycles. The summed E-state index contributed by atoms with van der Waals surface area (Å²) in [6.07, 6.45) is 3.32. The van der Waals surface area contributed by atoms with Crippen molar-refractivity contribution in [2.75, 3.05) is 39.3 Å². The SMILES string of the molecule is CC(C)C[C@H]1CC(=O)N[C@H](Cc2ccccc2)C(=O)N2CCC[C@H]2C(=O)NC[C@H](C(C)C)C(=O)N[C@@H](CCCN)C(=O)N[C@@H](CC(C)C)CC(=O)N[C@H](Cc2ccccc2)C(=O)N2CCC[C@H]2C(=O)NC[C@H](C(C)C)C(=O)N[C@@H](CCCN)C(=O)N1. The highest BCUT2D eigenvalue weighted by Crippen LogP contribution is 2.24. The topological polar surface area (TPSA) is 325 Å². The third kappa shape index (κ3) is 21.8. The second-order valence-corrected chi connectivity index (χ2v) is 25.3. The molecule has 5 rings (SSSR count). The minimum atomic E-state index is -1.10. The first-order valence-electron chi connectivity index (χ1n) is 31.4. The molecule has 3 aliphatic heterocycles. The van der Waals surface area contributed by atoms with Gasteiger partial charge in [-0.15, -0.1) is 0 Å². The molecule has 0 unspecified atom stereocenters. The van der Waals surface area contributed by atoms with Crippen LogP contribution >= 0.6 is 0 Å². The number of benzene rings is 2. The van der Waals surface area contributed by atoms with E-state index < -0.39 is 119 Å². The van der Waals surface area contributed by atoms with Crippen molar-refractivity contribution in [3.8, 4) is 0 Å². The van der Waals surface area contributed by atoms with Gasteiger partial charge in [0.05, 0.1) is 11.8 Å². The van der Waals surface area contributed by atoms with Crippen LogP contribution in [0, 0.1) is 35.5 Å². The van der Waals surface area contributed by atoms with Crippen LogP contribution in [0.2, 0.25) is 0 Å². The Labute approximate surface area is 509 Å². The number of amides is 10. The number of nitrogens with zero attached hydrogens (tertiary/aromatic N) is 2. The van der Waals surface area contributed by atoms with Gasteiger partial charge in [0, 0.05) is 63.9 Å². The van der Waals surface area contributed by atoms with Gasteiger partial charge >= 0.3 is 0 Å². The molecule has 476 valence electrons. The first-order valence-corrected chi connectivity index (χ1v) is 31.4. The Morgan fingerprint density at radius 1 is 0.453 bits per heavy atom. The van der Waals surface area contributed by atoms with Gasteiger partial charge in [-0.1, -0.05) is 116 Å². The van der Waals surface area contributed by atoms with Crippen molar-refractivity contribution >= 4 is 59.1 Å². The molecule has 3 aliphatic rings. The molecule has 2 aromatic rings. The first kappa shape index (κ1) is 69.8. The second-order valence-electron chi connectivity index (χ2n) is 25.3. The van der Waals surface area contributed by atoms with Gasteiger partial charge in [-0.25, -0.2) is 0 Å². The quantitative estimate of drug-likeness (QED) is 0.116. The molecule has 0 bridgehead atoms. The average molecular weight is 1200 g/mol. The van der Waals surface area contributed by atoms with E-state index in [9.17, 15) is 47.9 Å². The number of carbonyl (C=O) groups is 10. The number of carbonyl (C=O) groups excluding carboxylic acids is 10. The Hall–Kier alpha value is -6.94. The Bertz CT molecular complexity index is 2390. The number of hydrogen-bond donors (Lipinski definition) is 10. The van der Waals surface area contributed by atoms with E-state index in [4.69, 9.17) is 11.5 Å². The molecule has 10 atom stereocenters. The van der Waals surface area contributed by atoms with Gasteiger partial charge in [0.2, 0.25) is 59.1 Å². The summed E-state index contributed by atoms with van der Waals surface area (Å²) in [4.78, 5) is 147. The van der Waals surface area contributed by atoms with Crippen LogP contribution in [0.4, 0.5) is 0 Å². The Kier molecular flexibility index (Phi) is 28.4. The highest BCUT2D eigenvalue weighted by Gasteiger charge is 2.41. The molecule has 0 radical (unpaired) electrons. The third-order valence-corrected chi connectivity index (χ3v) is 16.5. The van der Waals surface area contributed by atoms with Crippen molar-refractivity contribution in [2.45, 2.75) is 194 Å². The largest absolute Gasteiger partial charge is 0.353 e. The van der Waals surface area contributed by atoms with Crippen LogP contribution in [-0.4, -0.2) is 156 Å². The Morgan fingerprint density at radius 2 is 0.814 bits per heavy atom. The molecule has 3 heterocycles. The summed E-state index contributed by atoms with van der Waals surface area (Å²) < 4.78 is 0. The molecule has 10 amide bonds. The summed E-state index contributed by atoms with van der Waals surface area (Å²) in [5.74, 6) is -7.19. The Morgan fingerprint density at radius 3 is 1.14 bits per heavy atom. The van der Waals surface area contributed by atoms with Crippen molar-refractivity contribution in [1.29, 1.82) is 0 Å². The monoisotopic (exact) mass is 1200 g/mol. The standard InChI is InChI=1S/C64H100N12O10/c1-39(2)31-45-35-55(77)71-51(33-43-19-11-9-12-20-43)63(85)75-29-17-25-53(75)61(83)68-38-48(42(7)8)58(80)74-50(24-16-28-66)60(82)70-46(32-40(3)4)36-56(78)72-52(34-44-21-13-10-14-22-44)64(86)76-30-18-26-54(76)62(84)67-37-47(41(5)6)57(79)73-49(23-15-27-65)59(81)69-45/h9-14,19-22,39-42,45-54H,15-18,23-38,65-66H2,1-8H3,(H,67,84)(H,68,83)(H,69,81)(H,70,82)(H,71,77)(H,72,78)(H,73,79)(H,74,80)/t45-,46-,47+,48+,49-,50-,51+,52+,53-,54-/m0/s1. The molecule has 22 nitrogen and oxygen atoms in total. The molecule has 0 aromatic heterocycles. The summed E-state index contributed by atoms with van der Waals surface area (Å²) in [5, 5.41) is 23.6. The van der Waals surface area contributed by atoms with Crippen LogP contribution in [0.3, 0.4) is 0 Å². The highest BCUT2D eigenvalue weighted by atomic mass is 16.2. The summed E-state index contributed by atoms with van der Waals surface area (Å²) >= 11 is 0. The van der Waals surface area contributed by atoms with E-state index in [1.807, 2.05) is 116 Å². The zero-order chi connectivity index (χ0) is 63.0. The van der Waals surface area contributed by atoms with E-state index in [-0.39, 0.29) is 101 Å². The van der Waals surface area contributed by atoms with Gasteiger partial charge in [-0.3, -0.25) is 47.9 Å². The molecular weight excluding hydrogens is 1100 g/mol. The minimum Gasteiger partial charge on any atom is -0.353 e. The van der Waals surface area contributed by atoms with Gasteiger partial charge in [0.25, 0.3) is 0 Å². The van der Waals surface area contributed by atoms with Gasteiger partial charge in [-0.05, 0) is 112 Å². The number of nitrogens with two attached hydrogens (primary N) is 2. The second kappa shape index (κ2) is 35.0. The van der Waals surface area contributed by atoms with E-state index in [0.717, 1.165) is 11.1 Å². The highest BCUT2D eigenvalue weighted by molar-refractivity contribution is 5.95. The molecule has 0 aliphatic carbocycles. The zero-order valence-electron chi connectivity index (χ0n) is 52.1. The van der Waals surface area contributed by atoms with Gasteiger partial charge in [0.1, 0.15) is 36.3 Å². The van der Waals surface area contributed by atoms with Crippen LogP contribution in [0.1, 0.15) is 144 Å².